The largest absolute Gasteiger partial charge is 0.359 e. The van der Waals surface area contributed by atoms with Crippen LogP contribution in [-0.4, -0.2) is 22.5 Å². The average Bonchev–Trinajstić information content (AvgIpc) is 2.57. The summed E-state index contributed by atoms with van der Waals surface area (Å²) in [6.07, 6.45) is 2.30. The Labute approximate surface area is 98.3 Å². The highest BCUT2D eigenvalue weighted by molar-refractivity contribution is 8.14. The molecule has 0 aromatic carbocycles. The van der Waals surface area contributed by atoms with Crippen LogP contribution in [0.2, 0.25) is 0 Å². The number of amidine groups is 1. The van der Waals surface area contributed by atoms with Crippen LogP contribution in [0.3, 0.4) is 0 Å². The number of aliphatic imine (C=N–C) groups is 1. The van der Waals surface area contributed by atoms with Gasteiger partial charge in [-0.25, -0.2) is 0 Å². The Bertz CT molecular complexity index is 238. The van der Waals surface area contributed by atoms with Crippen molar-refractivity contribution in [3.63, 3.8) is 0 Å². The summed E-state index contributed by atoms with van der Waals surface area (Å²) >= 11 is 1.87. The molecule has 15 heavy (non-hydrogen) atoms. The lowest BCUT2D eigenvalue weighted by molar-refractivity contribution is 0.455. The Morgan fingerprint density at radius 1 is 1.47 bits per heavy atom. The van der Waals surface area contributed by atoms with Crippen molar-refractivity contribution in [3.8, 4) is 0 Å². The van der Waals surface area contributed by atoms with E-state index in [0.29, 0.717) is 12.0 Å². The summed E-state index contributed by atoms with van der Waals surface area (Å²) in [5.41, 5.74) is 0.263. The minimum absolute atomic E-state index is 0.263. The zero-order chi connectivity index (χ0) is 11.5. The minimum Gasteiger partial charge on any atom is -0.359 e. The van der Waals surface area contributed by atoms with E-state index in [4.69, 9.17) is 4.99 Å². The van der Waals surface area contributed by atoms with Crippen LogP contribution < -0.4 is 5.32 Å². The van der Waals surface area contributed by atoms with Crippen molar-refractivity contribution in [3.05, 3.63) is 0 Å². The van der Waals surface area contributed by atoms with Gasteiger partial charge in [0.15, 0.2) is 5.17 Å². The van der Waals surface area contributed by atoms with Crippen molar-refractivity contribution in [2.45, 2.75) is 59.0 Å². The van der Waals surface area contributed by atoms with Gasteiger partial charge in [0.25, 0.3) is 0 Å². The fourth-order valence-electron chi connectivity index (χ4n) is 1.68. The van der Waals surface area contributed by atoms with Crippen LogP contribution in [0.25, 0.3) is 0 Å². The van der Waals surface area contributed by atoms with Gasteiger partial charge in [-0.3, -0.25) is 4.99 Å². The van der Waals surface area contributed by atoms with E-state index in [2.05, 4.69) is 39.9 Å². The summed E-state index contributed by atoms with van der Waals surface area (Å²) in [5, 5.41) is 4.70. The van der Waals surface area contributed by atoms with Crippen LogP contribution in [0.1, 0.15) is 47.5 Å². The highest BCUT2D eigenvalue weighted by Crippen LogP contribution is 2.26. The number of rotatable bonds is 4. The third-order valence-electron chi connectivity index (χ3n) is 3.19. The number of nitrogens with one attached hydrogen (secondary N) is 1. The van der Waals surface area contributed by atoms with Gasteiger partial charge in [-0.05, 0) is 25.7 Å². The molecule has 2 atom stereocenters. The zero-order valence-corrected chi connectivity index (χ0v) is 11.4. The van der Waals surface area contributed by atoms with Crippen molar-refractivity contribution in [2.75, 3.05) is 5.75 Å². The Hall–Kier alpha value is -0.180. The van der Waals surface area contributed by atoms with E-state index in [1.54, 1.807) is 0 Å². The molecule has 0 saturated carbocycles. The van der Waals surface area contributed by atoms with E-state index in [9.17, 15) is 0 Å². The zero-order valence-electron chi connectivity index (χ0n) is 10.6. The number of thioether (sulfide) groups is 1. The third-order valence-corrected chi connectivity index (χ3v) is 4.45. The molecule has 1 fully saturated rings. The first kappa shape index (κ1) is 12.9. The first-order chi connectivity index (χ1) is 7.00. The maximum Gasteiger partial charge on any atom is 0.157 e. The van der Waals surface area contributed by atoms with Gasteiger partial charge in [-0.1, -0.05) is 39.5 Å². The molecule has 1 saturated heterocycles. The molecule has 1 aliphatic heterocycles. The Morgan fingerprint density at radius 3 is 2.53 bits per heavy atom. The lowest BCUT2D eigenvalue weighted by Gasteiger charge is -2.21. The molecule has 0 bridgehead atoms. The molecular formula is C12H24N2S. The second-order valence-corrected chi connectivity index (χ2v) is 5.95. The quantitative estimate of drug-likeness (QED) is 0.798. The Balaban J connectivity index is 2.62. The monoisotopic (exact) mass is 228 g/mol. The fraction of sp³-hybridized carbons (Fsp3) is 0.917. The van der Waals surface area contributed by atoms with Crippen LogP contribution in [0.5, 0.6) is 0 Å². The molecule has 0 aromatic heterocycles. The lowest BCUT2D eigenvalue weighted by atomic mass is 10.0. The molecule has 0 spiro atoms. The topological polar surface area (TPSA) is 24.4 Å². The second kappa shape index (κ2) is 5.24. The fourth-order valence-corrected chi connectivity index (χ4v) is 2.94. The Morgan fingerprint density at radius 2 is 2.13 bits per heavy atom. The maximum atomic E-state index is 4.81. The van der Waals surface area contributed by atoms with Gasteiger partial charge in [-0.15, -0.1) is 0 Å². The van der Waals surface area contributed by atoms with Crippen LogP contribution in [0.4, 0.5) is 0 Å². The van der Waals surface area contributed by atoms with Crippen LogP contribution in [-0.2, 0) is 0 Å². The normalized spacial score (nSPS) is 30.9. The average molecular weight is 228 g/mol. The van der Waals surface area contributed by atoms with E-state index < -0.39 is 0 Å². The standard InChI is InChI=1S/C12H24N2S/c1-6-10(9(3)4)13-11-14-12(5,7-2)8-15-11/h9-10H,6-8H2,1-5H3,(H,13,14). The van der Waals surface area contributed by atoms with Crippen molar-refractivity contribution in [1.29, 1.82) is 0 Å². The van der Waals surface area contributed by atoms with E-state index in [1.165, 1.54) is 0 Å². The molecule has 1 N–H and O–H groups in total. The summed E-state index contributed by atoms with van der Waals surface area (Å²) < 4.78 is 0. The minimum atomic E-state index is 0.263. The van der Waals surface area contributed by atoms with Gasteiger partial charge in [-0.2, -0.15) is 0 Å². The molecule has 0 amide bonds. The maximum absolute atomic E-state index is 4.81. The van der Waals surface area contributed by atoms with Gasteiger partial charge < -0.3 is 5.32 Å². The number of hydrogen-bond acceptors (Lipinski definition) is 2. The van der Waals surface area contributed by atoms with Gasteiger partial charge in [0.05, 0.1) is 6.04 Å². The molecule has 88 valence electrons. The van der Waals surface area contributed by atoms with Crippen molar-refractivity contribution in [2.24, 2.45) is 10.9 Å². The first-order valence-electron chi connectivity index (χ1n) is 5.99. The Kier molecular flexibility index (Phi) is 4.50. The van der Waals surface area contributed by atoms with Crippen molar-refractivity contribution >= 4 is 16.9 Å². The predicted octanol–water partition coefficient (Wildman–Crippen LogP) is 3.28. The molecule has 2 unspecified atom stereocenters. The van der Waals surface area contributed by atoms with Crippen molar-refractivity contribution < 1.29 is 0 Å². The van der Waals surface area contributed by atoms with E-state index in [1.807, 2.05) is 11.8 Å². The molecule has 1 heterocycles. The predicted molar refractivity (Wildman–Crippen MR) is 70.6 cm³/mol. The molecule has 1 aliphatic rings. The molecular weight excluding hydrogens is 204 g/mol. The molecule has 1 rings (SSSR count). The first-order valence-corrected chi connectivity index (χ1v) is 6.98. The van der Waals surface area contributed by atoms with Gasteiger partial charge in [0.1, 0.15) is 0 Å². The van der Waals surface area contributed by atoms with Gasteiger partial charge in [0.2, 0.25) is 0 Å². The van der Waals surface area contributed by atoms with Crippen LogP contribution in [0, 0.1) is 5.92 Å². The van der Waals surface area contributed by atoms with Crippen LogP contribution >= 0.6 is 11.8 Å². The second-order valence-electron chi connectivity index (χ2n) is 4.98. The number of nitrogens with zero attached hydrogens (tertiary/aromatic N) is 1. The highest BCUT2D eigenvalue weighted by atomic mass is 32.2. The SMILES string of the molecule is CCC(N=C1NC(C)(CC)CS1)C(C)C. The van der Waals surface area contributed by atoms with Gasteiger partial charge >= 0.3 is 0 Å². The van der Waals surface area contributed by atoms with Crippen LogP contribution in [0.15, 0.2) is 4.99 Å². The van der Waals surface area contributed by atoms with E-state index in [-0.39, 0.29) is 5.54 Å². The third kappa shape index (κ3) is 3.40. The highest BCUT2D eigenvalue weighted by Gasteiger charge is 2.31. The number of hydrogen-bond donors (Lipinski definition) is 1. The smallest absolute Gasteiger partial charge is 0.157 e. The van der Waals surface area contributed by atoms with E-state index in [0.717, 1.165) is 23.8 Å². The van der Waals surface area contributed by atoms with E-state index >= 15 is 0 Å². The summed E-state index contributed by atoms with van der Waals surface area (Å²) in [5.74, 6) is 1.79. The summed E-state index contributed by atoms with van der Waals surface area (Å²) in [7, 11) is 0. The summed E-state index contributed by atoms with van der Waals surface area (Å²) in [6, 6.07) is 0.471. The molecule has 0 aromatic rings. The van der Waals surface area contributed by atoms with Gasteiger partial charge in [0, 0.05) is 11.3 Å². The molecule has 0 radical (unpaired) electrons. The molecule has 0 aliphatic carbocycles. The summed E-state index contributed by atoms with van der Waals surface area (Å²) in [6.45, 7) is 11.2. The van der Waals surface area contributed by atoms with Crippen molar-refractivity contribution in [1.82, 2.24) is 5.32 Å². The molecule has 3 heteroatoms. The molecule has 2 nitrogen and oxygen atoms in total. The lowest BCUT2D eigenvalue weighted by Crippen LogP contribution is -2.40. The summed E-state index contributed by atoms with van der Waals surface area (Å²) in [4.78, 5) is 4.81.